The van der Waals surface area contributed by atoms with Gasteiger partial charge in [-0.3, -0.25) is 4.72 Å². The smallest absolute Gasteiger partial charge is 0.263 e. The quantitative estimate of drug-likeness (QED) is 0.836. The highest BCUT2D eigenvalue weighted by Gasteiger charge is 2.25. The molecule has 3 N–H and O–H groups in total. The summed E-state index contributed by atoms with van der Waals surface area (Å²) in [7, 11) is -3.65. The standard InChI is InChI=1S/C13H14N4O2S/c14-10-3-5-11(6-4-10)20(18,19)17-13-7-12(9-1-2-9)15-8-16-13/h3-9H,1-2,14H2,(H,15,16,17). The van der Waals surface area contributed by atoms with Crippen molar-refractivity contribution in [2.75, 3.05) is 10.5 Å². The molecule has 1 aliphatic carbocycles. The number of benzene rings is 1. The molecule has 1 heterocycles. The lowest BCUT2D eigenvalue weighted by molar-refractivity contribution is 0.601. The number of nitrogens with one attached hydrogen (secondary N) is 1. The fourth-order valence-electron chi connectivity index (χ4n) is 1.87. The second-order valence-electron chi connectivity index (χ2n) is 4.78. The van der Waals surface area contributed by atoms with Crippen molar-refractivity contribution in [1.29, 1.82) is 0 Å². The minimum Gasteiger partial charge on any atom is -0.399 e. The Hall–Kier alpha value is -2.15. The zero-order chi connectivity index (χ0) is 14.2. The molecule has 3 rings (SSSR count). The third-order valence-corrected chi connectivity index (χ3v) is 4.48. The molecule has 6 nitrogen and oxygen atoms in total. The maximum absolute atomic E-state index is 12.2. The summed E-state index contributed by atoms with van der Waals surface area (Å²) in [6.45, 7) is 0. The molecule has 0 radical (unpaired) electrons. The Kier molecular flexibility index (Phi) is 3.06. The minimum atomic E-state index is -3.65. The van der Waals surface area contributed by atoms with Gasteiger partial charge in [-0.05, 0) is 37.1 Å². The molecule has 1 aromatic heterocycles. The zero-order valence-electron chi connectivity index (χ0n) is 10.7. The number of nitrogen functional groups attached to an aromatic ring is 1. The first kappa shape index (κ1) is 12.9. The fourth-order valence-corrected chi connectivity index (χ4v) is 2.87. The van der Waals surface area contributed by atoms with Crippen LogP contribution in [0.5, 0.6) is 0 Å². The predicted octanol–water partition coefficient (Wildman–Crippen LogP) is 1.74. The van der Waals surface area contributed by atoms with Gasteiger partial charge in [0.15, 0.2) is 0 Å². The molecule has 7 heteroatoms. The van der Waals surface area contributed by atoms with Gasteiger partial charge in [-0.25, -0.2) is 18.4 Å². The van der Waals surface area contributed by atoms with E-state index in [1.807, 2.05) is 0 Å². The van der Waals surface area contributed by atoms with Crippen molar-refractivity contribution in [3.63, 3.8) is 0 Å². The van der Waals surface area contributed by atoms with Crippen molar-refractivity contribution in [2.45, 2.75) is 23.7 Å². The predicted molar refractivity (Wildman–Crippen MR) is 75.7 cm³/mol. The van der Waals surface area contributed by atoms with E-state index in [9.17, 15) is 8.42 Å². The maximum atomic E-state index is 12.2. The van der Waals surface area contributed by atoms with Crippen LogP contribution in [0.1, 0.15) is 24.5 Å². The van der Waals surface area contributed by atoms with E-state index in [2.05, 4.69) is 14.7 Å². The summed E-state index contributed by atoms with van der Waals surface area (Å²) in [5.41, 5.74) is 6.95. The molecule has 0 atom stereocenters. The third-order valence-electron chi connectivity index (χ3n) is 3.11. The van der Waals surface area contributed by atoms with E-state index >= 15 is 0 Å². The molecule has 1 saturated carbocycles. The van der Waals surface area contributed by atoms with Crippen LogP contribution >= 0.6 is 0 Å². The molecule has 1 fully saturated rings. The lowest BCUT2D eigenvalue weighted by Gasteiger charge is -2.08. The summed E-state index contributed by atoms with van der Waals surface area (Å²) in [6.07, 6.45) is 3.58. The summed E-state index contributed by atoms with van der Waals surface area (Å²) in [5.74, 6) is 0.733. The van der Waals surface area contributed by atoms with Gasteiger partial charge in [-0.1, -0.05) is 0 Å². The van der Waals surface area contributed by atoms with Crippen molar-refractivity contribution in [3.8, 4) is 0 Å². The van der Waals surface area contributed by atoms with Crippen LogP contribution in [0.15, 0.2) is 41.6 Å². The van der Waals surface area contributed by atoms with E-state index in [0.717, 1.165) is 18.5 Å². The van der Waals surface area contributed by atoms with Gasteiger partial charge in [0.25, 0.3) is 10.0 Å². The molecule has 0 unspecified atom stereocenters. The number of nitrogens with two attached hydrogens (primary N) is 1. The van der Waals surface area contributed by atoms with Crippen molar-refractivity contribution in [3.05, 3.63) is 42.4 Å². The van der Waals surface area contributed by atoms with Crippen LogP contribution in [0.4, 0.5) is 11.5 Å². The zero-order valence-corrected chi connectivity index (χ0v) is 11.5. The lowest BCUT2D eigenvalue weighted by Crippen LogP contribution is -2.14. The maximum Gasteiger partial charge on any atom is 0.263 e. The topological polar surface area (TPSA) is 98.0 Å². The summed E-state index contributed by atoms with van der Waals surface area (Å²) in [6, 6.07) is 7.70. The second-order valence-corrected chi connectivity index (χ2v) is 6.46. The van der Waals surface area contributed by atoms with Gasteiger partial charge < -0.3 is 5.73 Å². The second kappa shape index (κ2) is 4.75. The van der Waals surface area contributed by atoms with E-state index < -0.39 is 10.0 Å². The Labute approximate surface area is 117 Å². The summed E-state index contributed by atoms with van der Waals surface area (Å²) < 4.78 is 26.9. The molecule has 2 aromatic rings. The number of hydrogen-bond acceptors (Lipinski definition) is 5. The third kappa shape index (κ3) is 2.72. The molecular weight excluding hydrogens is 276 g/mol. The molecule has 1 aromatic carbocycles. The van der Waals surface area contributed by atoms with Crippen molar-refractivity contribution >= 4 is 21.5 Å². The van der Waals surface area contributed by atoms with E-state index in [0.29, 0.717) is 17.4 Å². The Bertz CT molecular complexity index is 724. The van der Waals surface area contributed by atoms with Crippen LogP contribution in [0, 0.1) is 0 Å². The first-order valence-electron chi connectivity index (χ1n) is 6.25. The average Bonchev–Trinajstić information content (AvgIpc) is 3.23. The van der Waals surface area contributed by atoms with Crippen LogP contribution in [-0.2, 0) is 10.0 Å². The van der Waals surface area contributed by atoms with Gasteiger partial charge in [0.1, 0.15) is 12.1 Å². The van der Waals surface area contributed by atoms with Gasteiger partial charge in [0.05, 0.1) is 4.90 Å². The van der Waals surface area contributed by atoms with Gasteiger partial charge in [-0.15, -0.1) is 0 Å². The Morgan fingerprint density at radius 1 is 1.15 bits per heavy atom. The lowest BCUT2D eigenvalue weighted by atomic mass is 10.3. The molecule has 0 aliphatic heterocycles. The number of nitrogens with zero attached hydrogens (tertiary/aromatic N) is 2. The van der Waals surface area contributed by atoms with E-state index in [1.54, 1.807) is 18.2 Å². The highest BCUT2D eigenvalue weighted by Crippen LogP contribution is 2.39. The number of sulfonamides is 1. The summed E-state index contributed by atoms with van der Waals surface area (Å²) in [4.78, 5) is 8.26. The molecular formula is C13H14N4O2S. The van der Waals surface area contributed by atoms with Gasteiger partial charge in [0, 0.05) is 23.4 Å². The largest absolute Gasteiger partial charge is 0.399 e. The molecule has 0 amide bonds. The molecule has 0 saturated heterocycles. The van der Waals surface area contributed by atoms with Crippen LogP contribution in [0.3, 0.4) is 0 Å². The SMILES string of the molecule is Nc1ccc(S(=O)(=O)Nc2cc(C3CC3)ncn2)cc1. The van der Waals surface area contributed by atoms with Crippen LogP contribution in [0.25, 0.3) is 0 Å². The molecule has 0 bridgehead atoms. The number of aromatic nitrogens is 2. The van der Waals surface area contributed by atoms with Crippen molar-refractivity contribution < 1.29 is 8.42 Å². The van der Waals surface area contributed by atoms with Crippen molar-refractivity contribution in [2.24, 2.45) is 0 Å². The Morgan fingerprint density at radius 2 is 1.85 bits per heavy atom. The highest BCUT2D eigenvalue weighted by atomic mass is 32.2. The van der Waals surface area contributed by atoms with Gasteiger partial charge in [-0.2, -0.15) is 0 Å². The van der Waals surface area contributed by atoms with Crippen molar-refractivity contribution in [1.82, 2.24) is 9.97 Å². The number of hydrogen-bond donors (Lipinski definition) is 2. The highest BCUT2D eigenvalue weighted by molar-refractivity contribution is 7.92. The van der Waals surface area contributed by atoms with Crippen LogP contribution < -0.4 is 10.5 Å². The number of rotatable bonds is 4. The monoisotopic (exact) mass is 290 g/mol. The van der Waals surface area contributed by atoms with Crippen LogP contribution in [-0.4, -0.2) is 18.4 Å². The average molecular weight is 290 g/mol. The minimum absolute atomic E-state index is 0.151. The van der Waals surface area contributed by atoms with E-state index in [-0.39, 0.29) is 4.90 Å². The first-order chi connectivity index (χ1) is 9.54. The number of anilines is 2. The fraction of sp³-hybridized carbons (Fsp3) is 0.231. The molecule has 0 spiro atoms. The summed E-state index contributed by atoms with van der Waals surface area (Å²) in [5, 5.41) is 0. The normalized spacial score (nSPS) is 15.0. The molecule has 104 valence electrons. The summed E-state index contributed by atoms with van der Waals surface area (Å²) >= 11 is 0. The Morgan fingerprint density at radius 3 is 2.50 bits per heavy atom. The molecule has 20 heavy (non-hydrogen) atoms. The van der Waals surface area contributed by atoms with Gasteiger partial charge in [0.2, 0.25) is 0 Å². The van der Waals surface area contributed by atoms with E-state index in [4.69, 9.17) is 5.73 Å². The van der Waals surface area contributed by atoms with Crippen LogP contribution in [0.2, 0.25) is 0 Å². The Balaban J connectivity index is 1.85. The molecule has 1 aliphatic rings. The first-order valence-corrected chi connectivity index (χ1v) is 7.73. The van der Waals surface area contributed by atoms with Gasteiger partial charge >= 0.3 is 0 Å². The van der Waals surface area contributed by atoms with E-state index in [1.165, 1.54) is 18.5 Å².